The molecule has 0 amide bonds. The van der Waals surface area contributed by atoms with E-state index in [1.54, 1.807) is 13.8 Å². The van der Waals surface area contributed by atoms with Gasteiger partial charge >= 0.3 is 11.9 Å². The summed E-state index contributed by atoms with van der Waals surface area (Å²) in [6.45, 7) is 8.63. The fourth-order valence-electron chi connectivity index (χ4n) is 1.57. The first kappa shape index (κ1) is 13.7. The van der Waals surface area contributed by atoms with E-state index < -0.39 is 17.5 Å². The number of carbonyl (C=O) groups excluding carboxylic acids is 1. The number of ether oxygens (including phenoxy) is 1. The fourth-order valence-corrected chi connectivity index (χ4v) is 1.57. The van der Waals surface area contributed by atoms with E-state index in [2.05, 4.69) is 6.58 Å². The summed E-state index contributed by atoms with van der Waals surface area (Å²) in [5.74, 6) is -1.36. The predicted octanol–water partition coefficient (Wildman–Crippen LogP) is 2.00. The molecule has 0 heterocycles. The van der Waals surface area contributed by atoms with Crippen LogP contribution in [0.5, 0.6) is 0 Å². The Morgan fingerprint density at radius 2 is 2.07 bits per heavy atom. The van der Waals surface area contributed by atoms with Crippen LogP contribution in [0.2, 0.25) is 0 Å². The second-order valence-electron chi connectivity index (χ2n) is 4.29. The molecule has 0 saturated heterocycles. The maximum atomic E-state index is 11.0. The number of esters is 1. The molecular formula is C11H18O4. The lowest BCUT2D eigenvalue weighted by Gasteiger charge is -2.27. The molecule has 15 heavy (non-hydrogen) atoms. The van der Waals surface area contributed by atoms with Gasteiger partial charge in [-0.15, -0.1) is 0 Å². The molecule has 0 spiro atoms. The third kappa shape index (κ3) is 6.71. The van der Waals surface area contributed by atoms with Gasteiger partial charge in [0.2, 0.25) is 0 Å². The van der Waals surface area contributed by atoms with Crippen LogP contribution < -0.4 is 0 Å². The Balaban J connectivity index is 4.17. The monoisotopic (exact) mass is 214 g/mol. The fraction of sp³-hybridized carbons (Fsp3) is 0.636. The van der Waals surface area contributed by atoms with Gasteiger partial charge in [-0.05, 0) is 26.2 Å². The summed E-state index contributed by atoms with van der Waals surface area (Å²) in [6, 6.07) is 0. The van der Waals surface area contributed by atoms with Crippen LogP contribution >= 0.6 is 0 Å². The third-order valence-electron chi connectivity index (χ3n) is 1.91. The van der Waals surface area contributed by atoms with Gasteiger partial charge in [-0.1, -0.05) is 13.5 Å². The lowest BCUT2D eigenvalue weighted by Crippen LogP contribution is -2.30. The van der Waals surface area contributed by atoms with Gasteiger partial charge in [-0.2, -0.15) is 0 Å². The van der Waals surface area contributed by atoms with Crippen LogP contribution in [0.1, 0.15) is 33.6 Å². The smallest absolute Gasteiger partial charge is 0.330 e. The highest BCUT2D eigenvalue weighted by molar-refractivity contribution is 5.81. The van der Waals surface area contributed by atoms with Crippen molar-refractivity contribution in [3.63, 3.8) is 0 Å². The second kappa shape index (κ2) is 5.53. The van der Waals surface area contributed by atoms with Crippen molar-refractivity contribution in [3.05, 3.63) is 12.7 Å². The molecule has 0 rings (SSSR count). The molecule has 4 heteroatoms. The van der Waals surface area contributed by atoms with Gasteiger partial charge < -0.3 is 9.84 Å². The highest BCUT2D eigenvalue weighted by Crippen LogP contribution is 2.22. The van der Waals surface area contributed by atoms with Crippen molar-refractivity contribution in [1.29, 1.82) is 0 Å². The van der Waals surface area contributed by atoms with Crippen molar-refractivity contribution in [3.8, 4) is 0 Å². The minimum absolute atomic E-state index is 0.0323. The van der Waals surface area contributed by atoms with Crippen molar-refractivity contribution in [2.24, 2.45) is 5.92 Å². The maximum Gasteiger partial charge on any atom is 0.330 e. The Kier molecular flexibility index (Phi) is 5.05. The molecule has 0 aromatic carbocycles. The summed E-state index contributed by atoms with van der Waals surface area (Å²) in [4.78, 5) is 21.4. The van der Waals surface area contributed by atoms with E-state index >= 15 is 0 Å². The number of hydrogen-bond donors (Lipinski definition) is 1. The van der Waals surface area contributed by atoms with Crippen LogP contribution in [-0.4, -0.2) is 22.6 Å². The van der Waals surface area contributed by atoms with Crippen LogP contribution in [0.15, 0.2) is 12.7 Å². The van der Waals surface area contributed by atoms with Crippen molar-refractivity contribution in [1.82, 2.24) is 0 Å². The number of rotatable bonds is 6. The zero-order chi connectivity index (χ0) is 12.1. The number of carboxylic acids is 1. The van der Waals surface area contributed by atoms with Crippen molar-refractivity contribution in [2.45, 2.75) is 39.2 Å². The topological polar surface area (TPSA) is 63.6 Å². The van der Waals surface area contributed by atoms with Gasteiger partial charge in [0.25, 0.3) is 0 Å². The molecule has 86 valence electrons. The summed E-state index contributed by atoms with van der Waals surface area (Å²) in [6.07, 6.45) is 1.69. The first-order valence-corrected chi connectivity index (χ1v) is 4.84. The zero-order valence-electron chi connectivity index (χ0n) is 9.45. The van der Waals surface area contributed by atoms with E-state index in [9.17, 15) is 9.59 Å². The molecule has 0 bridgehead atoms. The normalized spacial score (nSPS) is 13.0. The predicted molar refractivity (Wildman–Crippen MR) is 56.4 cm³/mol. The molecule has 0 saturated carbocycles. The number of aliphatic carboxylic acids is 1. The van der Waals surface area contributed by atoms with Crippen LogP contribution in [0, 0.1) is 5.92 Å². The number of carbonyl (C=O) groups is 2. The summed E-state index contributed by atoms with van der Waals surface area (Å²) in [5, 5.41) is 8.58. The van der Waals surface area contributed by atoms with E-state index in [0.29, 0.717) is 6.42 Å². The molecule has 0 aliphatic heterocycles. The van der Waals surface area contributed by atoms with Crippen molar-refractivity contribution >= 4 is 11.9 Å². The summed E-state index contributed by atoms with van der Waals surface area (Å²) >= 11 is 0. The molecule has 1 atom stereocenters. The Labute approximate surface area is 89.9 Å². The summed E-state index contributed by atoms with van der Waals surface area (Å²) in [7, 11) is 0. The van der Waals surface area contributed by atoms with Gasteiger partial charge in [-0.25, -0.2) is 4.79 Å². The molecule has 0 radical (unpaired) electrons. The minimum atomic E-state index is -0.839. The average molecular weight is 214 g/mol. The standard InChI is InChI=1S/C11H18O4/c1-5-10(14)15-11(3,4)7-8(2)6-9(12)13/h5,8H,1,6-7H2,2-4H3,(H,12,13). The maximum absolute atomic E-state index is 11.0. The summed E-state index contributed by atoms with van der Waals surface area (Å²) < 4.78 is 5.09. The molecule has 4 nitrogen and oxygen atoms in total. The van der Waals surface area contributed by atoms with Crippen LogP contribution in [0.3, 0.4) is 0 Å². The van der Waals surface area contributed by atoms with Crippen LogP contribution in [0.4, 0.5) is 0 Å². The Hall–Kier alpha value is -1.32. The van der Waals surface area contributed by atoms with Crippen molar-refractivity contribution in [2.75, 3.05) is 0 Å². The minimum Gasteiger partial charge on any atom is -0.481 e. The highest BCUT2D eigenvalue weighted by atomic mass is 16.6. The van der Waals surface area contributed by atoms with E-state index in [0.717, 1.165) is 6.08 Å². The third-order valence-corrected chi connectivity index (χ3v) is 1.91. The molecule has 1 unspecified atom stereocenters. The van der Waals surface area contributed by atoms with E-state index in [1.807, 2.05) is 6.92 Å². The number of carboxylic acid groups (broad SMARTS) is 1. The molecule has 0 aliphatic rings. The second-order valence-corrected chi connectivity index (χ2v) is 4.29. The SMILES string of the molecule is C=CC(=O)OC(C)(C)CC(C)CC(=O)O. The first-order valence-electron chi connectivity index (χ1n) is 4.84. The van der Waals surface area contributed by atoms with Gasteiger partial charge in [0, 0.05) is 12.5 Å². The van der Waals surface area contributed by atoms with E-state index in [4.69, 9.17) is 9.84 Å². The van der Waals surface area contributed by atoms with Crippen molar-refractivity contribution < 1.29 is 19.4 Å². The van der Waals surface area contributed by atoms with Crippen LogP contribution in [0.25, 0.3) is 0 Å². The van der Waals surface area contributed by atoms with Crippen LogP contribution in [-0.2, 0) is 14.3 Å². The highest BCUT2D eigenvalue weighted by Gasteiger charge is 2.25. The van der Waals surface area contributed by atoms with Gasteiger partial charge in [0.05, 0.1) is 0 Å². The molecule has 1 N–H and O–H groups in total. The molecule has 0 fully saturated rings. The molecule has 0 aromatic rings. The molecule has 0 aromatic heterocycles. The largest absolute Gasteiger partial charge is 0.481 e. The quantitative estimate of drug-likeness (QED) is 0.542. The molecular weight excluding hydrogens is 196 g/mol. The first-order chi connectivity index (χ1) is 6.76. The van der Waals surface area contributed by atoms with Gasteiger partial charge in [0.15, 0.2) is 0 Å². The Morgan fingerprint density at radius 3 is 2.47 bits per heavy atom. The zero-order valence-corrected chi connectivity index (χ0v) is 9.45. The lowest BCUT2D eigenvalue weighted by atomic mass is 9.92. The number of hydrogen-bond acceptors (Lipinski definition) is 3. The van der Waals surface area contributed by atoms with E-state index in [1.165, 1.54) is 0 Å². The average Bonchev–Trinajstić information content (AvgIpc) is 1.99. The van der Waals surface area contributed by atoms with Gasteiger partial charge in [0.1, 0.15) is 5.60 Å². The summed E-state index contributed by atoms with van der Waals surface area (Å²) in [5.41, 5.74) is -0.653. The van der Waals surface area contributed by atoms with Gasteiger partial charge in [-0.3, -0.25) is 4.79 Å². The Morgan fingerprint density at radius 1 is 1.53 bits per heavy atom. The molecule has 0 aliphatic carbocycles. The van der Waals surface area contributed by atoms with E-state index in [-0.39, 0.29) is 12.3 Å². The lowest BCUT2D eigenvalue weighted by molar-refractivity contribution is -0.151. The Bertz CT molecular complexity index is 255.